The Balaban J connectivity index is 1.33. The summed E-state index contributed by atoms with van der Waals surface area (Å²) >= 11 is 2.17. The van der Waals surface area contributed by atoms with Gasteiger partial charge in [0.05, 0.1) is 0 Å². The number of carbonyl (C=O) groups excluding carboxylic acids is 1. The maximum atomic E-state index is 13.2. The molecule has 0 aliphatic carbocycles. The standard InChI is InChI=1S/C21H18BrF3N4O2/c22-21(24,25)20-27-18(28-31-20)14-3-5-15(6-4-14)19(30)26-17-9-10-29(12-17)11-13-1-7-16(23)8-2-13/h1-8,17H,9-12H2,(H,26,30). The smallest absolute Gasteiger partial charge is 0.348 e. The summed E-state index contributed by atoms with van der Waals surface area (Å²) in [7, 11) is 0. The zero-order valence-electron chi connectivity index (χ0n) is 16.2. The van der Waals surface area contributed by atoms with Crippen molar-refractivity contribution >= 4 is 21.8 Å². The normalized spacial score (nSPS) is 17.1. The first-order valence-electron chi connectivity index (χ1n) is 9.57. The van der Waals surface area contributed by atoms with Gasteiger partial charge in [0.25, 0.3) is 5.91 Å². The van der Waals surface area contributed by atoms with Gasteiger partial charge in [0, 0.05) is 52.7 Å². The molecule has 10 heteroatoms. The Morgan fingerprint density at radius 3 is 2.55 bits per heavy atom. The third-order valence-corrected chi connectivity index (χ3v) is 5.34. The number of amides is 1. The van der Waals surface area contributed by atoms with E-state index in [2.05, 4.69) is 40.8 Å². The van der Waals surface area contributed by atoms with Crippen LogP contribution in [0.25, 0.3) is 11.4 Å². The number of benzene rings is 2. The van der Waals surface area contributed by atoms with Gasteiger partial charge in [0.1, 0.15) is 5.82 Å². The van der Waals surface area contributed by atoms with Gasteiger partial charge in [-0.3, -0.25) is 9.69 Å². The van der Waals surface area contributed by atoms with Crippen LogP contribution in [-0.4, -0.2) is 40.1 Å². The fourth-order valence-corrected chi connectivity index (χ4v) is 3.60. The van der Waals surface area contributed by atoms with Crippen LogP contribution < -0.4 is 5.32 Å². The van der Waals surface area contributed by atoms with Crippen LogP contribution >= 0.6 is 15.9 Å². The maximum absolute atomic E-state index is 13.2. The van der Waals surface area contributed by atoms with E-state index in [0.717, 1.165) is 18.5 Å². The molecule has 2 aromatic carbocycles. The summed E-state index contributed by atoms with van der Waals surface area (Å²) in [5.74, 6) is -1.31. The largest absolute Gasteiger partial charge is 0.378 e. The van der Waals surface area contributed by atoms with Crippen LogP contribution in [0.3, 0.4) is 0 Å². The molecule has 6 nitrogen and oxygen atoms in total. The summed E-state index contributed by atoms with van der Waals surface area (Å²) < 4.78 is 43.9. The molecule has 1 saturated heterocycles. The number of rotatable bonds is 6. The highest BCUT2D eigenvalue weighted by molar-refractivity contribution is 9.09. The second-order valence-electron chi connectivity index (χ2n) is 7.32. The molecule has 162 valence electrons. The van der Waals surface area contributed by atoms with Gasteiger partial charge in [0.2, 0.25) is 5.82 Å². The summed E-state index contributed by atoms with van der Waals surface area (Å²) in [6.07, 6.45) is 0.817. The lowest BCUT2D eigenvalue weighted by molar-refractivity contribution is 0.0725. The van der Waals surface area contributed by atoms with Crippen LogP contribution in [0.15, 0.2) is 53.1 Å². The van der Waals surface area contributed by atoms with E-state index < -0.39 is 10.7 Å². The number of aromatic nitrogens is 2. The number of likely N-dealkylation sites (tertiary alicyclic amines) is 1. The first kappa shape index (κ1) is 21.5. The summed E-state index contributed by atoms with van der Waals surface area (Å²) in [6, 6.07) is 12.7. The molecule has 1 aliphatic heterocycles. The molecule has 4 rings (SSSR count). The first-order chi connectivity index (χ1) is 14.8. The van der Waals surface area contributed by atoms with Gasteiger partial charge < -0.3 is 9.84 Å². The average Bonchev–Trinajstić information content (AvgIpc) is 3.40. The first-order valence-corrected chi connectivity index (χ1v) is 10.4. The molecule has 0 saturated carbocycles. The molecular weight excluding hydrogens is 477 g/mol. The quantitative estimate of drug-likeness (QED) is 0.516. The molecule has 1 atom stereocenters. The van der Waals surface area contributed by atoms with Crippen molar-refractivity contribution < 1.29 is 22.5 Å². The number of carbonyl (C=O) groups is 1. The fourth-order valence-electron chi connectivity index (χ4n) is 3.44. The lowest BCUT2D eigenvalue weighted by Gasteiger charge is -2.17. The van der Waals surface area contributed by atoms with Crippen LogP contribution in [0.2, 0.25) is 0 Å². The summed E-state index contributed by atoms with van der Waals surface area (Å²) in [5.41, 5.74) is 1.91. The zero-order chi connectivity index (χ0) is 22.0. The highest BCUT2D eigenvalue weighted by Gasteiger charge is 2.35. The van der Waals surface area contributed by atoms with Crippen molar-refractivity contribution in [3.63, 3.8) is 0 Å². The number of hydrogen-bond acceptors (Lipinski definition) is 5. The number of alkyl halides is 3. The van der Waals surface area contributed by atoms with Crippen LogP contribution in [0.4, 0.5) is 13.2 Å². The van der Waals surface area contributed by atoms with Crippen molar-refractivity contribution in [2.75, 3.05) is 13.1 Å². The Labute approximate surface area is 184 Å². The Kier molecular flexibility index (Phi) is 6.10. The molecule has 1 unspecified atom stereocenters. The molecule has 1 aliphatic rings. The van der Waals surface area contributed by atoms with Crippen molar-refractivity contribution in [2.24, 2.45) is 0 Å². The van der Waals surface area contributed by atoms with E-state index in [-0.39, 0.29) is 23.6 Å². The summed E-state index contributed by atoms with van der Waals surface area (Å²) in [6.45, 7) is 2.23. The van der Waals surface area contributed by atoms with E-state index in [1.165, 1.54) is 12.1 Å². The van der Waals surface area contributed by atoms with Gasteiger partial charge in [-0.05, 0) is 36.2 Å². The Morgan fingerprint density at radius 2 is 1.90 bits per heavy atom. The second-order valence-corrected chi connectivity index (χ2v) is 8.31. The Hall–Kier alpha value is -2.72. The third-order valence-electron chi connectivity index (χ3n) is 5.00. The molecule has 31 heavy (non-hydrogen) atoms. The van der Waals surface area contributed by atoms with Crippen LogP contribution in [-0.2, 0) is 11.4 Å². The van der Waals surface area contributed by atoms with Crippen molar-refractivity contribution in [2.45, 2.75) is 23.8 Å². The monoisotopic (exact) mass is 494 g/mol. The Bertz CT molecular complexity index is 1050. The lowest BCUT2D eigenvalue weighted by atomic mass is 10.1. The van der Waals surface area contributed by atoms with E-state index in [4.69, 9.17) is 0 Å². The summed E-state index contributed by atoms with van der Waals surface area (Å²) in [4.78, 5) is 15.0. The molecular formula is C21H18BrF3N4O2. The molecule has 1 amide bonds. The average molecular weight is 495 g/mol. The van der Waals surface area contributed by atoms with Gasteiger partial charge in [0.15, 0.2) is 0 Å². The number of halogens is 4. The lowest BCUT2D eigenvalue weighted by Crippen LogP contribution is -2.36. The van der Waals surface area contributed by atoms with Gasteiger partial charge in [-0.25, -0.2) is 4.39 Å². The highest BCUT2D eigenvalue weighted by Crippen LogP contribution is 2.34. The minimum absolute atomic E-state index is 0.00770. The zero-order valence-corrected chi connectivity index (χ0v) is 17.8. The van der Waals surface area contributed by atoms with E-state index in [9.17, 15) is 18.0 Å². The van der Waals surface area contributed by atoms with Crippen LogP contribution in [0, 0.1) is 5.82 Å². The van der Waals surface area contributed by atoms with Crippen molar-refractivity contribution in [3.05, 3.63) is 71.4 Å². The van der Waals surface area contributed by atoms with Gasteiger partial charge in [-0.2, -0.15) is 13.8 Å². The molecule has 3 aromatic rings. The van der Waals surface area contributed by atoms with E-state index in [1.807, 2.05) is 0 Å². The Morgan fingerprint density at radius 1 is 1.19 bits per heavy atom. The van der Waals surface area contributed by atoms with Crippen molar-refractivity contribution in [1.29, 1.82) is 0 Å². The molecule has 0 spiro atoms. The molecule has 1 fully saturated rings. The predicted octanol–water partition coefficient (Wildman–Crippen LogP) is 4.32. The minimum atomic E-state index is -3.40. The molecule has 1 N–H and O–H groups in total. The number of nitrogens with zero attached hydrogens (tertiary/aromatic N) is 3. The molecule has 2 heterocycles. The second kappa shape index (κ2) is 8.80. The SMILES string of the molecule is O=C(NC1CCN(Cc2ccc(F)cc2)C1)c1ccc(-c2noc(C(F)(F)Br)n2)cc1. The number of hydrogen-bond donors (Lipinski definition) is 1. The highest BCUT2D eigenvalue weighted by atomic mass is 79.9. The van der Waals surface area contributed by atoms with E-state index >= 15 is 0 Å². The molecule has 1 aromatic heterocycles. The molecule has 0 bridgehead atoms. The van der Waals surface area contributed by atoms with Gasteiger partial charge >= 0.3 is 10.7 Å². The van der Waals surface area contributed by atoms with Gasteiger partial charge in [-0.15, -0.1) is 0 Å². The number of nitrogens with one attached hydrogen (secondary N) is 1. The van der Waals surface area contributed by atoms with Crippen LogP contribution in [0.1, 0.15) is 28.2 Å². The topological polar surface area (TPSA) is 71.3 Å². The van der Waals surface area contributed by atoms with E-state index in [1.54, 1.807) is 36.4 Å². The maximum Gasteiger partial charge on any atom is 0.378 e. The molecule has 0 radical (unpaired) electrons. The minimum Gasteiger partial charge on any atom is -0.348 e. The predicted molar refractivity (Wildman–Crippen MR) is 110 cm³/mol. The van der Waals surface area contributed by atoms with Crippen molar-refractivity contribution in [3.8, 4) is 11.4 Å². The summed E-state index contributed by atoms with van der Waals surface area (Å²) in [5, 5.41) is 6.54. The van der Waals surface area contributed by atoms with Crippen molar-refractivity contribution in [1.82, 2.24) is 20.4 Å². The van der Waals surface area contributed by atoms with Crippen LogP contribution in [0.5, 0.6) is 0 Å². The van der Waals surface area contributed by atoms with E-state index in [0.29, 0.717) is 24.2 Å². The third kappa shape index (κ3) is 5.31. The fraction of sp³-hybridized carbons (Fsp3) is 0.286. The van der Waals surface area contributed by atoms with Gasteiger partial charge in [-0.1, -0.05) is 29.4 Å².